The number of nitrogens with one attached hydrogen (secondary N) is 1. The molecule has 1 N–H and O–H groups in total. The van der Waals surface area contributed by atoms with Crippen molar-refractivity contribution in [3.05, 3.63) is 115 Å². The van der Waals surface area contributed by atoms with E-state index in [1.54, 1.807) is 18.3 Å². The van der Waals surface area contributed by atoms with Crippen LogP contribution in [0.4, 0.5) is 10.1 Å². The average molecular weight is 415 g/mol. The smallest absolute Gasteiger partial charge is 0.174 e. The zero-order valence-electron chi connectivity index (χ0n) is 16.0. The number of para-hydroxylation sites is 1. The zero-order chi connectivity index (χ0) is 20.5. The first-order valence-corrected chi connectivity index (χ1v) is 10.1. The molecule has 2 aromatic heterocycles. The minimum Gasteiger partial charge on any atom is -0.351 e. The maximum Gasteiger partial charge on any atom is 0.174 e. The first kappa shape index (κ1) is 18.5. The van der Waals surface area contributed by atoms with Gasteiger partial charge in [-0.15, -0.1) is 0 Å². The average Bonchev–Trinajstić information content (AvgIpc) is 3.40. The highest BCUT2D eigenvalue weighted by Gasteiger charge is 2.42. The van der Waals surface area contributed by atoms with Crippen LogP contribution in [0.5, 0.6) is 0 Å². The molecule has 148 valence electrons. The van der Waals surface area contributed by atoms with Gasteiger partial charge in [0.25, 0.3) is 0 Å². The molecule has 3 heterocycles. The van der Waals surface area contributed by atoms with Gasteiger partial charge in [0, 0.05) is 29.5 Å². The fourth-order valence-electron chi connectivity index (χ4n) is 3.99. The molecule has 0 saturated carbocycles. The summed E-state index contributed by atoms with van der Waals surface area (Å²) in [6, 6.07) is 26.3. The Morgan fingerprint density at radius 2 is 1.60 bits per heavy atom. The molecule has 0 aliphatic carbocycles. The molecule has 4 nitrogen and oxygen atoms in total. The Bertz CT molecular complexity index is 1160. The standard InChI is InChI=1S/C24H19FN4S/c25-17-11-13-18(14-12-17)28-16-6-10-21(28)23-22(20-9-4-5-15-26-20)27-24(30)29(23)19-7-2-1-3-8-19/h1-16,22-23H,(H,27,30)/t22-,23+/m0/s1. The topological polar surface area (TPSA) is 33.1 Å². The van der Waals surface area contributed by atoms with E-state index in [4.69, 9.17) is 12.2 Å². The van der Waals surface area contributed by atoms with Gasteiger partial charge >= 0.3 is 0 Å². The van der Waals surface area contributed by atoms with Crippen LogP contribution in [0, 0.1) is 5.82 Å². The van der Waals surface area contributed by atoms with Crippen LogP contribution in [-0.4, -0.2) is 14.7 Å². The molecule has 1 saturated heterocycles. The third-order valence-corrected chi connectivity index (χ3v) is 5.64. The maximum atomic E-state index is 13.5. The van der Waals surface area contributed by atoms with E-state index in [1.165, 1.54) is 12.1 Å². The number of hydrogen-bond acceptors (Lipinski definition) is 2. The molecule has 0 amide bonds. The number of pyridine rings is 1. The lowest BCUT2D eigenvalue weighted by atomic mass is 10.0. The molecular weight excluding hydrogens is 395 g/mol. The Kier molecular flexibility index (Phi) is 4.77. The summed E-state index contributed by atoms with van der Waals surface area (Å²) in [7, 11) is 0. The van der Waals surface area contributed by atoms with Crippen LogP contribution in [0.15, 0.2) is 97.3 Å². The number of benzene rings is 2. The molecule has 6 heteroatoms. The highest BCUT2D eigenvalue weighted by molar-refractivity contribution is 7.80. The minimum absolute atomic E-state index is 0.130. The van der Waals surface area contributed by atoms with E-state index >= 15 is 0 Å². The monoisotopic (exact) mass is 414 g/mol. The highest BCUT2D eigenvalue weighted by atomic mass is 32.1. The van der Waals surface area contributed by atoms with Gasteiger partial charge in [-0.2, -0.15) is 0 Å². The van der Waals surface area contributed by atoms with Gasteiger partial charge in [-0.25, -0.2) is 4.39 Å². The summed E-state index contributed by atoms with van der Waals surface area (Å²) in [5, 5.41) is 4.11. The van der Waals surface area contributed by atoms with Crippen molar-refractivity contribution in [2.24, 2.45) is 0 Å². The summed E-state index contributed by atoms with van der Waals surface area (Å²) < 4.78 is 15.6. The maximum absolute atomic E-state index is 13.5. The van der Waals surface area contributed by atoms with E-state index in [0.717, 1.165) is 22.8 Å². The van der Waals surface area contributed by atoms with Gasteiger partial charge in [-0.1, -0.05) is 24.3 Å². The number of aromatic nitrogens is 2. The van der Waals surface area contributed by atoms with E-state index in [1.807, 2.05) is 60.8 Å². The Hall–Kier alpha value is -3.51. The van der Waals surface area contributed by atoms with E-state index < -0.39 is 0 Å². The molecule has 0 radical (unpaired) electrons. The quantitative estimate of drug-likeness (QED) is 0.466. The van der Waals surface area contributed by atoms with Crippen molar-refractivity contribution in [3.8, 4) is 5.69 Å². The lowest BCUT2D eigenvalue weighted by Crippen LogP contribution is -2.30. The van der Waals surface area contributed by atoms with Crippen molar-refractivity contribution in [2.75, 3.05) is 4.90 Å². The Morgan fingerprint density at radius 1 is 0.833 bits per heavy atom. The van der Waals surface area contributed by atoms with Crippen LogP contribution in [0.3, 0.4) is 0 Å². The predicted octanol–water partition coefficient (Wildman–Crippen LogP) is 5.19. The number of hydrogen-bond donors (Lipinski definition) is 1. The summed E-state index contributed by atoms with van der Waals surface area (Å²) in [6.45, 7) is 0. The Balaban J connectivity index is 1.66. The number of nitrogens with zero attached hydrogens (tertiary/aromatic N) is 3. The molecule has 4 aromatic rings. The van der Waals surface area contributed by atoms with E-state index in [-0.39, 0.29) is 17.9 Å². The third kappa shape index (κ3) is 3.25. The van der Waals surface area contributed by atoms with Crippen LogP contribution >= 0.6 is 12.2 Å². The zero-order valence-corrected chi connectivity index (χ0v) is 16.8. The third-order valence-electron chi connectivity index (χ3n) is 5.32. The van der Waals surface area contributed by atoms with Gasteiger partial charge in [-0.05, 0) is 72.9 Å². The lowest BCUT2D eigenvalue weighted by Gasteiger charge is -2.29. The number of halogens is 1. The second-order valence-corrected chi connectivity index (χ2v) is 7.50. The van der Waals surface area contributed by atoms with Crippen molar-refractivity contribution in [1.29, 1.82) is 0 Å². The van der Waals surface area contributed by atoms with Crippen LogP contribution in [0.1, 0.15) is 23.5 Å². The largest absolute Gasteiger partial charge is 0.351 e. The predicted molar refractivity (Wildman–Crippen MR) is 120 cm³/mol. The van der Waals surface area contributed by atoms with Crippen LogP contribution in [0.25, 0.3) is 5.69 Å². The Labute approximate surface area is 179 Å². The van der Waals surface area contributed by atoms with Crippen LogP contribution < -0.4 is 10.2 Å². The fraction of sp³-hybridized carbons (Fsp3) is 0.0833. The first-order valence-electron chi connectivity index (χ1n) is 9.71. The SMILES string of the molecule is Fc1ccc(-n2cccc2[C@@H]2[C@H](c3ccccn3)NC(=S)N2c2ccccc2)cc1. The fourth-order valence-corrected chi connectivity index (χ4v) is 4.34. The summed E-state index contributed by atoms with van der Waals surface area (Å²) in [5.74, 6) is -0.256. The van der Waals surface area contributed by atoms with Gasteiger partial charge in [0.15, 0.2) is 5.11 Å². The lowest BCUT2D eigenvalue weighted by molar-refractivity contribution is 0.549. The van der Waals surface area contributed by atoms with Crippen molar-refractivity contribution in [2.45, 2.75) is 12.1 Å². The highest BCUT2D eigenvalue weighted by Crippen LogP contribution is 2.42. The summed E-state index contributed by atoms with van der Waals surface area (Å²) >= 11 is 5.76. The van der Waals surface area contributed by atoms with E-state index in [9.17, 15) is 4.39 Å². The molecule has 2 atom stereocenters. The summed E-state index contributed by atoms with van der Waals surface area (Å²) in [4.78, 5) is 6.72. The van der Waals surface area contributed by atoms with Gasteiger partial charge in [0.05, 0.1) is 11.7 Å². The van der Waals surface area contributed by atoms with Gasteiger partial charge in [-0.3, -0.25) is 4.98 Å². The van der Waals surface area contributed by atoms with Gasteiger partial charge in [0.2, 0.25) is 0 Å². The molecule has 5 rings (SSSR count). The molecule has 1 aliphatic heterocycles. The minimum atomic E-state index is -0.256. The Morgan fingerprint density at radius 3 is 2.33 bits per heavy atom. The second-order valence-electron chi connectivity index (χ2n) is 7.11. The second kappa shape index (κ2) is 7.72. The van der Waals surface area contributed by atoms with E-state index in [2.05, 4.69) is 25.8 Å². The molecule has 2 aromatic carbocycles. The van der Waals surface area contributed by atoms with Crippen molar-refractivity contribution >= 4 is 23.0 Å². The van der Waals surface area contributed by atoms with Crippen molar-refractivity contribution in [1.82, 2.24) is 14.9 Å². The molecule has 1 aliphatic rings. The summed E-state index contributed by atoms with van der Waals surface area (Å²) in [5.41, 5.74) is 3.84. The molecule has 1 fully saturated rings. The number of rotatable bonds is 4. The van der Waals surface area contributed by atoms with Crippen molar-refractivity contribution < 1.29 is 4.39 Å². The van der Waals surface area contributed by atoms with Crippen molar-refractivity contribution in [3.63, 3.8) is 0 Å². The molecular formula is C24H19FN4S. The van der Waals surface area contributed by atoms with E-state index in [0.29, 0.717) is 5.11 Å². The molecule has 0 spiro atoms. The normalized spacial score (nSPS) is 18.4. The number of thiocarbonyl (C=S) groups is 1. The number of anilines is 1. The van der Waals surface area contributed by atoms with Crippen LogP contribution in [0.2, 0.25) is 0 Å². The van der Waals surface area contributed by atoms with Gasteiger partial charge < -0.3 is 14.8 Å². The summed E-state index contributed by atoms with van der Waals surface area (Å²) in [6.07, 6.45) is 3.78. The molecule has 30 heavy (non-hydrogen) atoms. The van der Waals surface area contributed by atoms with Gasteiger partial charge in [0.1, 0.15) is 11.9 Å². The van der Waals surface area contributed by atoms with Crippen LogP contribution in [-0.2, 0) is 0 Å². The first-order chi connectivity index (χ1) is 14.7. The molecule has 0 unspecified atom stereocenters. The molecule has 0 bridgehead atoms.